The summed E-state index contributed by atoms with van der Waals surface area (Å²) in [4.78, 5) is 1.51. The molecule has 0 aliphatic heterocycles. The second-order valence-corrected chi connectivity index (χ2v) is 5.82. The maximum Gasteiger partial charge on any atom is 0.0391 e. The summed E-state index contributed by atoms with van der Waals surface area (Å²) in [5, 5.41) is 5.98. The van der Waals surface area contributed by atoms with Crippen LogP contribution in [0.4, 0.5) is 0 Å². The maximum absolute atomic E-state index is 3.78. The fourth-order valence-electron chi connectivity index (χ4n) is 2.62. The van der Waals surface area contributed by atoms with E-state index >= 15 is 0 Å². The summed E-state index contributed by atoms with van der Waals surface area (Å²) < 4.78 is 0. The van der Waals surface area contributed by atoms with Crippen LogP contribution < -0.4 is 5.32 Å². The minimum Gasteiger partial charge on any atom is -0.306 e. The van der Waals surface area contributed by atoms with Crippen LogP contribution in [0.5, 0.6) is 0 Å². The third kappa shape index (κ3) is 2.43. The lowest BCUT2D eigenvalue weighted by atomic mass is 10.0. The molecule has 0 radical (unpaired) electrons. The Kier molecular flexibility index (Phi) is 3.47. The molecule has 0 saturated heterocycles. The second-order valence-electron chi connectivity index (χ2n) is 4.87. The molecule has 84 valence electrons. The molecule has 1 fully saturated rings. The Bertz CT molecular complexity index is 318. The van der Waals surface area contributed by atoms with Gasteiger partial charge in [0, 0.05) is 17.0 Å². The highest BCUT2D eigenvalue weighted by molar-refractivity contribution is 7.10. The first-order chi connectivity index (χ1) is 7.18. The van der Waals surface area contributed by atoms with E-state index in [1.54, 1.807) is 0 Å². The van der Waals surface area contributed by atoms with Crippen molar-refractivity contribution in [1.82, 2.24) is 5.32 Å². The molecule has 15 heavy (non-hydrogen) atoms. The molecule has 1 aliphatic rings. The summed E-state index contributed by atoms with van der Waals surface area (Å²) in [7, 11) is 0. The molecular weight excluding hydrogens is 202 g/mol. The van der Waals surface area contributed by atoms with Crippen LogP contribution in [0, 0.1) is 12.8 Å². The van der Waals surface area contributed by atoms with Crippen molar-refractivity contribution >= 4 is 11.3 Å². The van der Waals surface area contributed by atoms with Crippen molar-refractivity contribution in [2.45, 2.75) is 52.1 Å². The van der Waals surface area contributed by atoms with E-state index in [-0.39, 0.29) is 0 Å². The topological polar surface area (TPSA) is 12.0 Å². The van der Waals surface area contributed by atoms with Gasteiger partial charge in [-0.25, -0.2) is 0 Å². The fraction of sp³-hybridized carbons (Fsp3) is 0.692. The molecule has 0 amide bonds. The summed E-state index contributed by atoms with van der Waals surface area (Å²) in [6.45, 7) is 6.88. The number of thiophene rings is 1. The van der Waals surface area contributed by atoms with Crippen molar-refractivity contribution in [3.63, 3.8) is 0 Å². The van der Waals surface area contributed by atoms with Crippen molar-refractivity contribution in [3.05, 3.63) is 21.9 Å². The quantitative estimate of drug-likeness (QED) is 0.819. The number of nitrogens with one attached hydrogen (secondary N) is 1. The van der Waals surface area contributed by atoms with Crippen molar-refractivity contribution < 1.29 is 0 Å². The highest BCUT2D eigenvalue weighted by atomic mass is 32.1. The van der Waals surface area contributed by atoms with Gasteiger partial charge in [0.1, 0.15) is 0 Å². The van der Waals surface area contributed by atoms with Gasteiger partial charge in [0.2, 0.25) is 0 Å². The summed E-state index contributed by atoms with van der Waals surface area (Å²) in [5.41, 5.74) is 1.44. The standard InChI is InChI=1S/C13H21NS/c1-9-5-4-6-12(9)14-11(3)13-10(2)7-8-15-13/h7-9,11-12,14H,4-6H2,1-3H3. The molecule has 1 N–H and O–H groups in total. The third-order valence-corrected chi connectivity index (χ3v) is 4.82. The normalized spacial score (nSPS) is 28.2. The van der Waals surface area contributed by atoms with Crippen molar-refractivity contribution in [3.8, 4) is 0 Å². The van der Waals surface area contributed by atoms with Crippen LogP contribution in [-0.4, -0.2) is 6.04 Å². The molecular formula is C13H21NS. The minimum absolute atomic E-state index is 0.524. The summed E-state index contributed by atoms with van der Waals surface area (Å²) in [5.74, 6) is 0.854. The Hall–Kier alpha value is -0.340. The van der Waals surface area contributed by atoms with Crippen LogP contribution in [0.25, 0.3) is 0 Å². The first kappa shape index (κ1) is 11.2. The molecule has 2 heteroatoms. The summed E-state index contributed by atoms with van der Waals surface area (Å²) >= 11 is 1.88. The molecule has 1 heterocycles. The Morgan fingerprint density at radius 2 is 2.27 bits per heavy atom. The van der Waals surface area contributed by atoms with Gasteiger partial charge >= 0.3 is 0 Å². The van der Waals surface area contributed by atoms with E-state index in [9.17, 15) is 0 Å². The largest absolute Gasteiger partial charge is 0.306 e. The van der Waals surface area contributed by atoms with E-state index in [0.29, 0.717) is 6.04 Å². The maximum atomic E-state index is 3.78. The van der Waals surface area contributed by atoms with Crippen LogP contribution in [0.1, 0.15) is 49.6 Å². The predicted molar refractivity (Wildman–Crippen MR) is 67.4 cm³/mol. The highest BCUT2D eigenvalue weighted by Crippen LogP contribution is 2.29. The lowest BCUT2D eigenvalue weighted by Gasteiger charge is -2.22. The summed E-state index contributed by atoms with van der Waals surface area (Å²) in [6, 6.07) is 3.48. The molecule has 1 nitrogen and oxygen atoms in total. The molecule has 0 spiro atoms. The van der Waals surface area contributed by atoms with Crippen LogP contribution in [0.15, 0.2) is 11.4 Å². The number of aryl methyl sites for hydroxylation is 1. The van der Waals surface area contributed by atoms with E-state index in [1.807, 2.05) is 11.3 Å². The molecule has 3 unspecified atom stereocenters. The zero-order chi connectivity index (χ0) is 10.8. The first-order valence-electron chi connectivity index (χ1n) is 5.98. The SMILES string of the molecule is Cc1ccsc1C(C)NC1CCCC1C. The average molecular weight is 223 g/mol. The monoisotopic (exact) mass is 223 g/mol. The Balaban J connectivity index is 1.97. The van der Waals surface area contributed by atoms with Crippen LogP contribution in [0.3, 0.4) is 0 Å². The van der Waals surface area contributed by atoms with Gasteiger partial charge in [-0.15, -0.1) is 11.3 Å². The average Bonchev–Trinajstić information content (AvgIpc) is 2.76. The van der Waals surface area contributed by atoms with Gasteiger partial charge in [0.05, 0.1) is 0 Å². The van der Waals surface area contributed by atoms with Gasteiger partial charge < -0.3 is 5.32 Å². The van der Waals surface area contributed by atoms with Crippen LogP contribution in [0.2, 0.25) is 0 Å². The van der Waals surface area contributed by atoms with Crippen molar-refractivity contribution in [1.29, 1.82) is 0 Å². The zero-order valence-electron chi connectivity index (χ0n) is 9.92. The summed E-state index contributed by atoms with van der Waals surface area (Å²) in [6.07, 6.45) is 4.15. The lowest BCUT2D eigenvalue weighted by molar-refractivity contribution is 0.390. The van der Waals surface area contributed by atoms with E-state index in [1.165, 1.54) is 29.7 Å². The molecule has 3 atom stereocenters. The molecule has 1 aromatic heterocycles. The van der Waals surface area contributed by atoms with Gasteiger partial charge in [-0.1, -0.05) is 13.3 Å². The van der Waals surface area contributed by atoms with E-state index < -0.39 is 0 Å². The molecule has 0 aromatic carbocycles. The Labute approximate surface area is 96.9 Å². The van der Waals surface area contributed by atoms with Crippen LogP contribution in [-0.2, 0) is 0 Å². The zero-order valence-corrected chi connectivity index (χ0v) is 10.7. The Morgan fingerprint density at radius 3 is 2.80 bits per heavy atom. The third-order valence-electron chi connectivity index (χ3n) is 3.62. The molecule has 2 rings (SSSR count). The highest BCUT2D eigenvalue weighted by Gasteiger charge is 2.25. The lowest BCUT2D eigenvalue weighted by Crippen LogP contribution is -2.33. The van der Waals surface area contributed by atoms with Gasteiger partial charge in [-0.3, -0.25) is 0 Å². The predicted octanol–water partition coefficient (Wildman–Crippen LogP) is 3.90. The van der Waals surface area contributed by atoms with Gasteiger partial charge in [0.15, 0.2) is 0 Å². The van der Waals surface area contributed by atoms with Crippen LogP contribution >= 0.6 is 11.3 Å². The van der Waals surface area contributed by atoms with E-state index in [4.69, 9.17) is 0 Å². The second kappa shape index (κ2) is 4.67. The van der Waals surface area contributed by atoms with Crippen molar-refractivity contribution in [2.75, 3.05) is 0 Å². The van der Waals surface area contributed by atoms with Gasteiger partial charge in [-0.2, -0.15) is 0 Å². The molecule has 0 bridgehead atoms. The van der Waals surface area contributed by atoms with E-state index in [2.05, 4.69) is 37.5 Å². The fourth-order valence-corrected chi connectivity index (χ4v) is 3.56. The number of hydrogen-bond donors (Lipinski definition) is 1. The number of rotatable bonds is 3. The Morgan fingerprint density at radius 1 is 1.47 bits per heavy atom. The van der Waals surface area contributed by atoms with Crippen molar-refractivity contribution in [2.24, 2.45) is 5.92 Å². The molecule has 1 saturated carbocycles. The van der Waals surface area contributed by atoms with Gasteiger partial charge in [-0.05, 0) is 49.6 Å². The number of hydrogen-bond acceptors (Lipinski definition) is 2. The molecule has 1 aliphatic carbocycles. The first-order valence-corrected chi connectivity index (χ1v) is 6.86. The van der Waals surface area contributed by atoms with Gasteiger partial charge in [0.25, 0.3) is 0 Å². The molecule has 1 aromatic rings. The minimum atomic E-state index is 0.524. The van der Waals surface area contributed by atoms with E-state index in [0.717, 1.165) is 12.0 Å². The smallest absolute Gasteiger partial charge is 0.0391 e.